The van der Waals surface area contributed by atoms with Gasteiger partial charge in [-0.15, -0.1) is 0 Å². The van der Waals surface area contributed by atoms with Crippen molar-refractivity contribution in [2.24, 2.45) is 5.92 Å². The summed E-state index contributed by atoms with van der Waals surface area (Å²) in [6.07, 6.45) is 2.94. The Bertz CT molecular complexity index is 1010. The van der Waals surface area contributed by atoms with Gasteiger partial charge in [0.1, 0.15) is 12.2 Å². The van der Waals surface area contributed by atoms with Crippen LogP contribution in [0, 0.1) is 9.49 Å². The molecule has 2 aliphatic carbocycles. The number of halogens is 1. The molecule has 2 amide bonds. The molecule has 2 aliphatic rings. The number of carbonyl (C=O) groups is 2. The van der Waals surface area contributed by atoms with Gasteiger partial charge in [-0.25, -0.2) is 0 Å². The molecular weight excluding hydrogens is 619 g/mol. The van der Waals surface area contributed by atoms with E-state index in [4.69, 9.17) is 14.2 Å². The molecule has 0 bridgehead atoms. The lowest BCUT2D eigenvalue weighted by Crippen LogP contribution is -2.57. The van der Waals surface area contributed by atoms with Gasteiger partial charge in [0.05, 0.1) is 36.0 Å². The van der Waals surface area contributed by atoms with Gasteiger partial charge in [-0.3, -0.25) is 9.59 Å². The standard InChI is InChI=1S/C28H41IN2O8/c1-17(2)38-11-5-9-31(28(36)19-6-4-7-19)22-14-20(27(35)30-8-10-32)15-23(25(22)34)39-26-21(29)12-18(16-33)13-24(26)37-3/h12-13,15,17,19,22-23,25,32-34H,4-11,14,16H2,1-3H3,(H,30,35). The first-order valence-electron chi connectivity index (χ1n) is 13.5. The molecule has 10 nitrogen and oxygen atoms in total. The monoisotopic (exact) mass is 660 g/mol. The highest BCUT2D eigenvalue weighted by Gasteiger charge is 2.42. The third-order valence-electron chi connectivity index (χ3n) is 7.07. The fourth-order valence-electron chi connectivity index (χ4n) is 4.78. The van der Waals surface area contributed by atoms with Crippen LogP contribution < -0.4 is 14.8 Å². The SMILES string of the molecule is COc1cc(CO)cc(I)c1OC1C=C(C(=O)NCCO)CC(N(CCCOC(C)C)C(=O)C2CCC2)C1O. The number of hydrogen-bond donors (Lipinski definition) is 4. The van der Waals surface area contributed by atoms with Crippen LogP contribution >= 0.6 is 22.6 Å². The van der Waals surface area contributed by atoms with Gasteiger partial charge in [-0.2, -0.15) is 0 Å². The summed E-state index contributed by atoms with van der Waals surface area (Å²) in [5.74, 6) is 0.255. The predicted molar refractivity (Wildman–Crippen MR) is 153 cm³/mol. The second-order valence-electron chi connectivity index (χ2n) is 10.2. The molecule has 3 unspecified atom stereocenters. The largest absolute Gasteiger partial charge is 0.493 e. The molecule has 0 aliphatic heterocycles. The van der Waals surface area contributed by atoms with Crippen molar-refractivity contribution in [3.8, 4) is 11.5 Å². The highest BCUT2D eigenvalue weighted by molar-refractivity contribution is 14.1. The highest BCUT2D eigenvalue weighted by atomic mass is 127. The van der Waals surface area contributed by atoms with E-state index >= 15 is 0 Å². The number of carbonyl (C=O) groups excluding carboxylic acids is 2. The minimum Gasteiger partial charge on any atom is -0.493 e. The van der Waals surface area contributed by atoms with Gasteiger partial charge < -0.3 is 39.7 Å². The lowest BCUT2D eigenvalue weighted by atomic mass is 9.82. The third kappa shape index (κ3) is 8.29. The Balaban J connectivity index is 1.94. The molecule has 39 heavy (non-hydrogen) atoms. The van der Waals surface area contributed by atoms with Gasteiger partial charge in [-0.05, 0) is 79.5 Å². The van der Waals surface area contributed by atoms with Crippen LogP contribution in [-0.4, -0.2) is 89.8 Å². The van der Waals surface area contributed by atoms with E-state index < -0.39 is 18.2 Å². The molecule has 0 saturated heterocycles. The first-order valence-corrected chi connectivity index (χ1v) is 14.6. The Morgan fingerprint density at radius 2 is 1.97 bits per heavy atom. The average molecular weight is 661 g/mol. The number of amides is 2. The van der Waals surface area contributed by atoms with Crippen LogP contribution in [0.25, 0.3) is 0 Å². The van der Waals surface area contributed by atoms with Crippen molar-refractivity contribution in [1.29, 1.82) is 0 Å². The van der Waals surface area contributed by atoms with Crippen LogP contribution in [0.1, 0.15) is 51.5 Å². The Labute approximate surface area is 243 Å². The number of hydrogen-bond acceptors (Lipinski definition) is 8. The Hall–Kier alpha value is -1.93. The molecular formula is C28H41IN2O8. The van der Waals surface area contributed by atoms with Crippen LogP contribution in [0.5, 0.6) is 11.5 Å². The van der Waals surface area contributed by atoms with Gasteiger partial charge in [0.2, 0.25) is 11.8 Å². The van der Waals surface area contributed by atoms with Gasteiger partial charge in [0, 0.05) is 37.6 Å². The van der Waals surface area contributed by atoms with Crippen LogP contribution in [0.15, 0.2) is 23.8 Å². The van der Waals surface area contributed by atoms with Crippen molar-refractivity contribution in [3.05, 3.63) is 32.9 Å². The molecule has 3 rings (SSSR count). The lowest BCUT2D eigenvalue weighted by molar-refractivity contribution is -0.145. The Morgan fingerprint density at radius 1 is 1.23 bits per heavy atom. The highest BCUT2D eigenvalue weighted by Crippen LogP contribution is 2.38. The summed E-state index contributed by atoms with van der Waals surface area (Å²) in [7, 11) is 1.49. The van der Waals surface area contributed by atoms with E-state index in [0.717, 1.165) is 19.3 Å². The van der Waals surface area contributed by atoms with E-state index in [1.54, 1.807) is 23.1 Å². The van der Waals surface area contributed by atoms with Crippen molar-refractivity contribution in [3.63, 3.8) is 0 Å². The fourth-order valence-corrected chi connectivity index (χ4v) is 5.57. The van der Waals surface area contributed by atoms with Gasteiger partial charge in [0.25, 0.3) is 0 Å². The van der Waals surface area contributed by atoms with Crippen LogP contribution in [0.2, 0.25) is 0 Å². The molecule has 0 radical (unpaired) electrons. The maximum Gasteiger partial charge on any atom is 0.247 e. The molecule has 4 N–H and O–H groups in total. The molecule has 0 heterocycles. The van der Waals surface area contributed by atoms with E-state index in [1.165, 1.54) is 7.11 Å². The molecule has 11 heteroatoms. The fraction of sp³-hybridized carbons (Fsp3) is 0.643. The van der Waals surface area contributed by atoms with Gasteiger partial charge in [-0.1, -0.05) is 6.42 Å². The smallest absolute Gasteiger partial charge is 0.247 e. The van der Waals surface area contributed by atoms with E-state index in [0.29, 0.717) is 45.8 Å². The van der Waals surface area contributed by atoms with Gasteiger partial charge in [0.15, 0.2) is 11.5 Å². The molecule has 1 saturated carbocycles. The first kappa shape index (κ1) is 31.6. The third-order valence-corrected chi connectivity index (χ3v) is 7.87. The quantitative estimate of drug-likeness (QED) is 0.176. The lowest BCUT2D eigenvalue weighted by Gasteiger charge is -2.43. The maximum absolute atomic E-state index is 13.6. The summed E-state index contributed by atoms with van der Waals surface area (Å²) >= 11 is 2.07. The summed E-state index contributed by atoms with van der Waals surface area (Å²) in [5, 5.41) is 33.1. The number of nitrogens with one attached hydrogen (secondary N) is 1. The summed E-state index contributed by atoms with van der Waals surface area (Å²) in [4.78, 5) is 28.3. The maximum atomic E-state index is 13.6. The average Bonchev–Trinajstić information content (AvgIpc) is 2.88. The summed E-state index contributed by atoms with van der Waals surface area (Å²) in [6.45, 7) is 4.47. The van der Waals surface area contributed by atoms with E-state index in [2.05, 4.69) is 27.9 Å². The number of aliphatic hydroxyl groups excluding tert-OH is 3. The molecule has 0 spiro atoms. The topological polar surface area (TPSA) is 138 Å². The van der Waals surface area contributed by atoms with Crippen LogP contribution in [-0.2, 0) is 20.9 Å². The Kier molecular flexibility index (Phi) is 12.3. The number of ether oxygens (including phenoxy) is 3. The van der Waals surface area contributed by atoms with E-state index in [1.807, 2.05) is 13.8 Å². The van der Waals surface area contributed by atoms with E-state index in [9.17, 15) is 24.9 Å². The molecule has 0 aromatic heterocycles. The molecule has 1 aromatic rings. The van der Waals surface area contributed by atoms with Crippen molar-refractivity contribution >= 4 is 34.4 Å². The second-order valence-corrected chi connectivity index (χ2v) is 11.4. The zero-order valence-electron chi connectivity index (χ0n) is 22.9. The minimum absolute atomic E-state index is 0.0231. The summed E-state index contributed by atoms with van der Waals surface area (Å²) in [6, 6.07) is 2.72. The molecule has 1 aromatic carbocycles. The number of aliphatic hydroxyl groups is 3. The second kappa shape index (κ2) is 15.2. The Morgan fingerprint density at radius 3 is 2.56 bits per heavy atom. The van der Waals surface area contributed by atoms with Crippen molar-refractivity contribution in [1.82, 2.24) is 10.2 Å². The zero-order valence-corrected chi connectivity index (χ0v) is 25.1. The molecule has 1 fully saturated rings. The zero-order chi connectivity index (χ0) is 28.5. The number of benzene rings is 1. The van der Waals surface area contributed by atoms with Crippen LogP contribution in [0.4, 0.5) is 0 Å². The van der Waals surface area contributed by atoms with Crippen molar-refractivity contribution in [2.45, 2.75) is 76.9 Å². The van der Waals surface area contributed by atoms with Gasteiger partial charge >= 0.3 is 0 Å². The summed E-state index contributed by atoms with van der Waals surface area (Å²) < 4.78 is 18.1. The number of rotatable bonds is 14. The van der Waals surface area contributed by atoms with E-state index in [-0.39, 0.29) is 50.0 Å². The first-order chi connectivity index (χ1) is 18.7. The molecule has 3 atom stereocenters. The number of nitrogens with zero attached hydrogens (tertiary/aromatic N) is 1. The summed E-state index contributed by atoms with van der Waals surface area (Å²) in [5.41, 5.74) is 1.01. The predicted octanol–water partition coefficient (Wildman–Crippen LogP) is 2.15. The van der Waals surface area contributed by atoms with Crippen molar-refractivity contribution in [2.75, 3.05) is 33.4 Å². The molecule has 218 valence electrons. The normalized spacial score (nSPS) is 21.2. The van der Waals surface area contributed by atoms with Crippen molar-refractivity contribution < 1.29 is 39.1 Å². The number of methoxy groups -OCH3 is 1. The minimum atomic E-state index is -1.12. The van der Waals surface area contributed by atoms with Crippen LogP contribution in [0.3, 0.4) is 0 Å².